The van der Waals surface area contributed by atoms with Crippen molar-refractivity contribution in [1.29, 1.82) is 0 Å². The summed E-state index contributed by atoms with van der Waals surface area (Å²) in [6, 6.07) is 5.58. The third-order valence-corrected chi connectivity index (χ3v) is 2.32. The molecule has 0 fully saturated rings. The Hall–Kier alpha value is -1.75. The van der Waals surface area contributed by atoms with Crippen molar-refractivity contribution < 1.29 is 19.0 Å². The van der Waals surface area contributed by atoms with E-state index in [4.69, 9.17) is 14.2 Å². The molecule has 0 heterocycles. The Morgan fingerprint density at radius 2 is 2.05 bits per heavy atom. The summed E-state index contributed by atoms with van der Waals surface area (Å²) in [6.45, 7) is 4.21. The number of ether oxygens (including phenoxy) is 3. The van der Waals surface area contributed by atoms with Gasteiger partial charge in [-0.25, -0.2) is 4.79 Å². The van der Waals surface area contributed by atoms with Gasteiger partial charge in [0.05, 0.1) is 13.2 Å². The molecule has 1 aromatic rings. The molecule has 0 aromatic heterocycles. The number of hydrogen-bond donors (Lipinski definition) is 1. The van der Waals surface area contributed by atoms with Crippen molar-refractivity contribution in [2.45, 2.75) is 26.5 Å². The number of rotatable bonds is 7. The van der Waals surface area contributed by atoms with Crippen molar-refractivity contribution in [3.8, 4) is 11.5 Å². The second-order valence-electron chi connectivity index (χ2n) is 4.34. The van der Waals surface area contributed by atoms with Gasteiger partial charge in [0, 0.05) is 6.54 Å². The second-order valence-corrected chi connectivity index (χ2v) is 4.34. The lowest BCUT2D eigenvalue weighted by Gasteiger charge is -2.13. The number of methoxy groups -OCH3 is 1. The van der Waals surface area contributed by atoms with E-state index < -0.39 is 5.97 Å². The third kappa shape index (κ3) is 5.18. The van der Waals surface area contributed by atoms with E-state index in [9.17, 15) is 4.79 Å². The van der Waals surface area contributed by atoms with Gasteiger partial charge in [0.15, 0.2) is 18.1 Å². The number of esters is 1. The van der Waals surface area contributed by atoms with Crippen LogP contribution in [0.15, 0.2) is 18.2 Å². The Morgan fingerprint density at radius 1 is 1.32 bits per heavy atom. The Bertz CT molecular complexity index is 418. The van der Waals surface area contributed by atoms with Crippen LogP contribution in [0.5, 0.6) is 11.5 Å². The molecule has 0 saturated carbocycles. The molecule has 0 radical (unpaired) electrons. The average Bonchev–Trinajstić information content (AvgIpc) is 2.36. The fourth-order valence-corrected chi connectivity index (χ4v) is 1.58. The van der Waals surface area contributed by atoms with E-state index in [1.54, 1.807) is 27.0 Å². The van der Waals surface area contributed by atoms with E-state index in [1.807, 2.05) is 19.2 Å². The van der Waals surface area contributed by atoms with Crippen LogP contribution in [0, 0.1) is 0 Å². The SMILES string of the molecule is CNCc1ccc(OCC(=O)OC(C)C)c(OC)c1. The van der Waals surface area contributed by atoms with E-state index in [0.717, 1.165) is 12.1 Å². The van der Waals surface area contributed by atoms with Gasteiger partial charge in [0.2, 0.25) is 0 Å². The lowest BCUT2D eigenvalue weighted by molar-refractivity contribution is -0.149. The molecule has 0 aliphatic rings. The number of carbonyl (C=O) groups excluding carboxylic acids is 1. The zero-order valence-corrected chi connectivity index (χ0v) is 11.9. The van der Waals surface area contributed by atoms with Gasteiger partial charge in [-0.1, -0.05) is 6.07 Å². The minimum absolute atomic E-state index is 0.125. The smallest absolute Gasteiger partial charge is 0.344 e. The molecule has 0 spiro atoms. The first-order chi connectivity index (χ1) is 9.06. The van der Waals surface area contributed by atoms with Crippen molar-refractivity contribution in [1.82, 2.24) is 5.32 Å². The van der Waals surface area contributed by atoms with Crippen LogP contribution in [-0.4, -0.2) is 32.8 Å². The monoisotopic (exact) mass is 267 g/mol. The van der Waals surface area contributed by atoms with Crippen LogP contribution in [-0.2, 0) is 16.1 Å². The molecule has 106 valence electrons. The molecule has 0 unspecified atom stereocenters. The van der Waals surface area contributed by atoms with Crippen molar-refractivity contribution in [2.75, 3.05) is 20.8 Å². The molecule has 0 amide bonds. The van der Waals surface area contributed by atoms with Gasteiger partial charge in [0.1, 0.15) is 0 Å². The van der Waals surface area contributed by atoms with E-state index in [0.29, 0.717) is 11.5 Å². The van der Waals surface area contributed by atoms with Crippen LogP contribution >= 0.6 is 0 Å². The van der Waals surface area contributed by atoms with Crippen molar-refractivity contribution >= 4 is 5.97 Å². The predicted octanol–water partition coefficient (Wildman–Crippen LogP) is 1.75. The van der Waals surface area contributed by atoms with Crippen LogP contribution in [0.25, 0.3) is 0 Å². The van der Waals surface area contributed by atoms with Crippen LogP contribution < -0.4 is 14.8 Å². The largest absolute Gasteiger partial charge is 0.493 e. The molecule has 0 bridgehead atoms. The first-order valence-electron chi connectivity index (χ1n) is 6.20. The average molecular weight is 267 g/mol. The summed E-state index contributed by atoms with van der Waals surface area (Å²) in [5.41, 5.74) is 1.08. The summed E-state index contributed by atoms with van der Waals surface area (Å²) in [6.07, 6.45) is -0.143. The quantitative estimate of drug-likeness (QED) is 0.763. The minimum atomic E-state index is -0.392. The molecular formula is C14H21NO4. The Kier molecular flexibility index (Phi) is 6.15. The lowest BCUT2D eigenvalue weighted by Crippen LogP contribution is -2.19. The molecule has 1 N–H and O–H groups in total. The van der Waals surface area contributed by atoms with Gasteiger partial charge in [-0.15, -0.1) is 0 Å². The summed E-state index contributed by atoms with van der Waals surface area (Å²) in [4.78, 5) is 11.4. The maximum absolute atomic E-state index is 11.4. The van der Waals surface area contributed by atoms with Gasteiger partial charge in [-0.05, 0) is 38.6 Å². The zero-order valence-electron chi connectivity index (χ0n) is 11.9. The predicted molar refractivity (Wildman–Crippen MR) is 72.5 cm³/mol. The number of carbonyl (C=O) groups is 1. The molecule has 1 aromatic carbocycles. The molecule has 0 atom stereocenters. The van der Waals surface area contributed by atoms with E-state index >= 15 is 0 Å². The van der Waals surface area contributed by atoms with E-state index in [2.05, 4.69) is 5.32 Å². The fourth-order valence-electron chi connectivity index (χ4n) is 1.58. The molecule has 19 heavy (non-hydrogen) atoms. The molecule has 0 saturated heterocycles. The summed E-state index contributed by atoms with van der Waals surface area (Å²) in [5.74, 6) is 0.740. The van der Waals surface area contributed by atoms with Gasteiger partial charge < -0.3 is 19.5 Å². The highest BCUT2D eigenvalue weighted by atomic mass is 16.6. The van der Waals surface area contributed by atoms with E-state index in [1.165, 1.54) is 0 Å². The van der Waals surface area contributed by atoms with Crippen molar-refractivity contribution in [3.63, 3.8) is 0 Å². The summed E-state index contributed by atoms with van der Waals surface area (Å²) >= 11 is 0. The van der Waals surface area contributed by atoms with Crippen LogP contribution in [0.3, 0.4) is 0 Å². The summed E-state index contributed by atoms with van der Waals surface area (Å²) in [5, 5.41) is 3.06. The van der Waals surface area contributed by atoms with Crippen LogP contribution in [0.1, 0.15) is 19.4 Å². The number of nitrogens with one attached hydrogen (secondary N) is 1. The second kappa shape index (κ2) is 7.63. The lowest BCUT2D eigenvalue weighted by atomic mass is 10.2. The van der Waals surface area contributed by atoms with Gasteiger partial charge in [0.25, 0.3) is 0 Å². The van der Waals surface area contributed by atoms with Gasteiger partial charge in [-0.2, -0.15) is 0 Å². The topological polar surface area (TPSA) is 56.8 Å². The minimum Gasteiger partial charge on any atom is -0.493 e. The fraction of sp³-hybridized carbons (Fsp3) is 0.500. The number of hydrogen-bond acceptors (Lipinski definition) is 5. The number of benzene rings is 1. The summed E-state index contributed by atoms with van der Waals surface area (Å²) in [7, 11) is 3.44. The molecule has 5 nitrogen and oxygen atoms in total. The van der Waals surface area contributed by atoms with Gasteiger partial charge in [-0.3, -0.25) is 0 Å². The zero-order chi connectivity index (χ0) is 14.3. The van der Waals surface area contributed by atoms with E-state index in [-0.39, 0.29) is 12.7 Å². The highest BCUT2D eigenvalue weighted by Gasteiger charge is 2.10. The highest BCUT2D eigenvalue weighted by molar-refractivity contribution is 5.71. The first-order valence-corrected chi connectivity index (χ1v) is 6.20. The van der Waals surface area contributed by atoms with Crippen molar-refractivity contribution in [2.24, 2.45) is 0 Å². The summed E-state index contributed by atoms with van der Waals surface area (Å²) < 4.78 is 15.6. The standard InChI is InChI=1S/C14H21NO4/c1-10(2)19-14(16)9-18-12-6-5-11(8-15-3)7-13(12)17-4/h5-7,10,15H,8-9H2,1-4H3. The van der Waals surface area contributed by atoms with Crippen LogP contribution in [0.2, 0.25) is 0 Å². The molecular weight excluding hydrogens is 246 g/mol. The molecule has 1 rings (SSSR count). The maximum Gasteiger partial charge on any atom is 0.344 e. The Morgan fingerprint density at radius 3 is 2.63 bits per heavy atom. The van der Waals surface area contributed by atoms with Gasteiger partial charge >= 0.3 is 5.97 Å². The molecule has 0 aliphatic carbocycles. The Labute approximate surface area is 113 Å². The highest BCUT2D eigenvalue weighted by Crippen LogP contribution is 2.28. The maximum atomic E-state index is 11.4. The van der Waals surface area contributed by atoms with Crippen LogP contribution in [0.4, 0.5) is 0 Å². The molecule has 0 aliphatic heterocycles. The molecule has 5 heteroatoms. The third-order valence-electron chi connectivity index (χ3n) is 2.32. The Balaban J connectivity index is 2.65. The normalized spacial score (nSPS) is 10.4. The van der Waals surface area contributed by atoms with Crippen molar-refractivity contribution in [3.05, 3.63) is 23.8 Å². The first kappa shape index (κ1) is 15.3.